The summed E-state index contributed by atoms with van der Waals surface area (Å²) in [6.07, 6.45) is 0.677. The zero-order chi connectivity index (χ0) is 12.2. The Morgan fingerprint density at radius 1 is 1.25 bits per heavy atom. The fourth-order valence-corrected chi connectivity index (χ4v) is 1.09. The molecule has 6 heteroatoms. The van der Waals surface area contributed by atoms with E-state index in [0.717, 1.165) is 0 Å². The first-order chi connectivity index (χ1) is 7.42. The summed E-state index contributed by atoms with van der Waals surface area (Å²) in [7, 11) is 0. The first-order valence-electron chi connectivity index (χ1n) is 4.21. The third-order valence-electron chi connectivity index (χ3n) is 1.65. The topological polar surface area (TPSA) is 43.4 Å². The lowest BCUT2D eigenvalue weighted by Crippen LogP contribution is -2.17. The molecule has 0 aliphatic heterocycles. The highest BCUT2D eigenvalue weighted by Gasteiger charge is 2.22. The number of carbonyl (C=O) groups excluding carboxylic acids is 2. The average molecular weight is 282 g/mol. The molecular weight excluding hydrogens is 274 g/mol. The summed E-state index contributed by atoms with van der Waals surface area (Å²) in [4.78, 5) is 21.8. The average Bonchev–Trinajstić information content (AvgIpc) is 2.25. The Morgan fingerprint density at radius 3 is 2.25 bits per heavy atom. The Morgan fingerprint density at radius 2 is 1.81 bits per heavy atom. The van der Waals surface area contributed by atoms with Crippen molar-refractivity contribution in [1.29, 1.82) is 0 Å². The van der Waals surface area contributed by atoms with Crippen LogP contribution in [-0.2, 0) is 4.74 Å². The lowest BCUT2D eigenvalue weighted by atomic mass is 10.1. The molecule has 0 atom stereocenters. The van der Waals surface area contributed by atoms with E-state index in [9.17, 15) is 9.59 Å². The van der Waals surface area contributed by atoms with Crippen molar-refractivity contribution >= 4 is 47.1 Å². The number of hydrogen-bond donors (Lipinski definition) is 0. The number of halogens is 3. The Hall–Kier alpha value is -0.770. The van der Waals surface area contributed by atoms with Crippen LogP contribution in [0.1, 0.15) is 20.7 Å². The molecule has 16 heavy (non-hydrogen) atoms. The summed E-state index contributed by atoms with van der Waals surface area (Å²) in [6.45, 7) is -0.327. The standard InChI is InChI=1S/C10H7Cl3O3/c11-10(12,13)6-16-9(15)8-3-1-7(5-14)2-4-8/h1-5H,6H2. The van der Waals surface area contributed by atoms with E-state index in [1.54, 1.807) is 0 Å². The Labute approximate surface area is 107 Å². The van der Waals surface area contributed by atoms with Gasteiger partial charge in [-0.25, -0.2) is 4.79 Å². The predicted octanol–water partition coefficient (Wildman–Crippen LogP) is 3.03. The van der Waals surface area contributed by atoms with Crippen LogP contribution in [0, 0.1) is 0 Å². The van der Waals surface area contributed by atoms with Gasteiger partial charge in [-0.05, 0) is 12.1 Å². The van der Waals surface area contributed by atoms with E-state index >= 15 is 0 Å². The SMILES string of the molecule is O=Cc1ccc(C(=O)OCC(Cl)(Cl)Cl)cc1. The molecule has 0 unspecified atom stereocenters. The minimum atomic E-state index is -1.63. The minimum absolute atomic E-state index is 0.292. The van der Waals surface area contributed by atoms with Crippen LogP contribution in [0.4, 0.5) is 0 Å². The van der Waals surface area contributed by atoms with Crippen molar-refractivity contribution in [2.24, 2.45) is 0 Å². The molecule has 0 N–H and O–H groups in total. The molecule has 0 amide bonds. The van der Waals surface area contributed by atoms with Crippen molar-refractivity contribution < 1.29 is 14.3 Å². The number of aldehydes is 1. The van der Waals surface area contributed by atoms with Crippen LogP contribution in [0.25, 0.3) is 0 Å². The zero-order valence-electron chi connectivity index (χ0n) is 7.95. The van der Waals surface area contributed by atoms with Gasteiger partial charge in [-0.15, -0.1) is 0 Å². The number of carbonyl (C=O) groups is 2. The lowest BCUT2D eigenvalue weighted by Gasteiger charge is -2.11. The van der Waals surface area contributed by atoms with Crippen molar-refractivity contribution in [1.82, 2.24) is 0 Å². The van der Waals surface area contributed by atoms with Crippen molar-refractivity contribution in [3.8, 4) is 0 Å². The molecule has 0 aromatic heterocycles. The first-order valence-corrected chi connectivity index (χ1v) is 5.35. The van der Waals surface area contributed by atoms with E-state index < -0.39 is 9.76 Å². The van der Waals surface area contributed by atoms with Crippen molar-refractivity contribution in [3.05, 3.63) is 35.4 Å². The molecule has 0 saturated carbocycles. The van der Waals surface area contributed by atoms with Gasteiger partial charge in [-0.1, -0.05) is 46.9 Å². The second kappa shape index (κ2) is 5.53. The van der Waals surface area contributed by atoms with Crippen LogP contribution in [0.2, 0.25) is 0 Å². The molecule has 0 aliphatic rings. The molecular formula is C10H7Cl3O3. The fraction of sp³-hybridized carbons (Fsp3) is 0.200. The highest BCUT2D eigenvalue weighted by molar-refractivity contribution is 6.67. The Balaban J connectivity index is 2.63. The molecule has 0 bridgehead atoms. The molecule has 0 fully saturated rings. The van der Waals surface area contributed by atoms with Gasteiger partial charge in [-0.2, -0.15) is 0 Å². The fourth-order valence-electron chi connectivity index (χ4n) is 0.928. The molecule has 0 saturated heterocycles. The summed E-state index contributed by atoms with van der Waals surface area (Å²) in [5, 5.41) is 0. The van der Waals surface area contributed by atoms with Gasteiger partial charge in [0.15, 0.2) is 0 Å². The molecule has 1 aromatic carbocycles. The number of ether oxygens (including phenoxy) is 1. The van der Waals surface area contributed by atoms with E-state index in [4.69, 9.17) is 39.5 Å². The molecule has 1 aromatic rings. The molecule has 0 aliphatic carbocycles. The normalized spacial score (nSPS) is 10.9. The second-order valence-corrected chi connectivity index (χ2v) is 5.45. The zero-order valence-corrected chi connectivity index (χ0v) is 10.2. The summed E-state index contributed by atoms with van der Waals surface area (Å²) >= 11 is 16.3. The van der Waals surface area contributed by atoms with Crippen molar-refractivity contribution in [3.63, 3.8) is 0 Å². The quantitative estimate of drug-likeness (QED) is 0.486. The molecule has 0 radical (unpaired) electrons. The van der Waals surface area contributed by atoms with Crippen LogP contribution < -0.4 is 0 Å². The van der Waals surface area contributed by atoms with Gasteiger partial charge in [0, 0.05) is 5.56 Å². The summed E-state index contributed by atoms with van der Waals surface area (Å²) in [5.74, 6) is -0.608. The molecule has 3 nitrogen and oxygen atoms in total. The van der Waals surface area contributed by atoms with Gasteiger partial charge < -0.3 is 4.74 Å². The number of alkyl halides is 3. The van der Waals surface area contributed by atoms with Crippen LogP contribution >= 0.6 is 34.8 Å². The van der Waals surface area contributed by atoms with Crippen molar-refractivity contribution in [2.45, 2.75) is 3.79 Å². The maximum atomic E-state index is 11.4. The van der Waals surface area contributed by atoms with E-state index in [1.807, 2.05) is 0 Å². The first kappa shape index (κ1) is 13.3. The lowest BCUT2D eigenvalue weighted by molar-refractivity contribution is 0.0512. The largest absolute Gasteiger partial charge is 0.458 e. The van der Waals surface area contributed by atoms with Gasteiger partial charge in [0.25, 0.3) is 0 Å². The maximum absolute atomic E-state index is 11.4. The monoisotopic (exact) mass is 280 g/mol. The van der Waals surface area contributed by atoms with Gasteiger partial charge in [0.1, 0.15) is 12.9 Å². The van der Waals surface area contributed by atoms with Crippen LogP contribution in [-0.4, -0.2) is 22.7 Å². The minimum Gasteiger partial charge on any atom is -0.458 e. The summed E-state index contributed by atoms with van der Waals surface area (Å²) in [6, 6.07) is 5.92. The Bertz CT molecular complexity index is 381. The predicted molar refractivity (Wildman–Crippen MR) is 62.4 cm³/mol. The van der Waals surface area contributed by atoms with Crippen LogP contribution in [0.5, 0.6) is 0 Å². The highest BCUT2D eigenvalue weighted by atomic mass is 35.6. The van der Waals surface area contributed by atoms with Gasteiger partial charge in [0.2, 0.25) is 3.79 Å². The smallest absolute Gasteiger partial charge is 0.338 e. The van der Waals surface area contributed by atoms with Gasteiger partial charge >= 0.3 is 5.97 Å². The third-order valence-corrected chi connectivity index (χ3v) is 1.98. The van der Waals surface area contributed by atoms with Crippen molar-refractivity contribution in [2.75, 3.05) is 6.61 Å². The second-order valence-electron chi connectivity index (χ2n) is 2.93. The molecule has 0 heterocycles. The summed E-state index contributed by atoms with van der Waals surface area (Å²) < 4.78 is 3.12. The highest BCUT2D eigenvalue weighted by Crippen LogP contribution is 2.26. The van der Waals surface area contributed by atoms with Gasteiger partial charge in [-0.3, -0.25) is 4.79 Å². The number of rotatable bonds is 3. The maximum Gasteiger partial charge on any atom is 0.338 e. The van der Waals surface area contributed by atoms with Gasteiger partial charge in [0.05, 0.1) is 5.56 Å². The Kier molecular flexibility index (Phi) is 4.59. The molecule has 1 rings (SSSR count). The van der Waals surface area contributed by atoms with E-state index in [-0.39, 0.29) is 6.61 Å². The third kappa shape index (κ3) is 4.39. The number of esters is 1. The van der Waals surface area contributed by atoms with E-state index in [1.165, 1.54) is 24.3 Å². The summed E-state index contributed by atoms with van der Waals surface area (Å²) in [5.41, 5.74) is 0.762. The van der Waals surface area contributed by atoms with E-state index in [0.29, 0.717) is 17.4 Å². The van der Waals surface area contributed by atoms with E-state index in [2.05, 4.69) is 0 Å². The van der Waals surface area contributed by atoms with Crippen LogP contribution in [0.3, 0.4) is 0 Å². The number of benzene rings is 1. The number of hydrogen-bond acceptors (Lipinski definition) is 3. The molecule has 86 valence electrons. The molecule has 0 spiro atoms. The van der Waals surface area contributed by atoms with Crippen LogP contribution in [0.15, 0.2) is 24.3 Å².